The van der Waals surface area contributed by atoms with Crippen molar-refractivity contribution in [1.82, 2.24) is 24.6 Å². The smallest absolute Gasteiger partial charge is 0.281 e. The van der Waals surface area contributed by atoms with Gasteiger partial charge in [-0.05, 0) is 6.42 Å². The fraction of sp³-hybridized carbons (Fsp3) is 0.692. The number of rotatable bonds is 5. The van der Waals surface area contributed by atoms with Crippen molar-refractivity contribution >= 4 is 22.9 Å². The third kappa shape index (κ3) is 3.04. The summed E-state index contributed by atoms with van der Waals surface area (Å²) in [6, 6.07) is 0. The molecule has 0 spiro atoms. The molecule has 2 aliphatic heterocycles. The zero-order valence-corrected chi connectivity index (χ0v) is 12.9. The monoisotopic (exact) mass is 309 g/mol. The van der Waals surface area contributed by atoms with Crippen LogP contribution in [-0.4, -0.2) is 61.6 Å². The van der Waals surface area contributed by atoms with E-state index in [9.17, 15) is 9.59 Å². The minimum Gasteiger partial charge on any atom is -0.338 e. The largest absolute Gasteiger partial charge is 0.338 e. The first kappa shape index (κ1) is 14.4. The Labute approximate surface area is 127 Å². The Hall–Kier alpha value is -1.57. The van der Waals surface area contributed by atoms with Crippen molar-refractivity contribution in [2.45, 2.75) is 32.4 Å². The Balaban J connectivity index is 1.51. The molecule has 1 aromatic rings. The second-order valence-electron chi connectivity index (χ2n) is 5.39. The normalized spacial score (nSPS) is 17.4. The second kappa shape index (κ2) is 6.05. The minimum absolute atomic E-state index is 0.0371. The first-order valence-electron chi connectivity index (χ1n) is 7.22. The molecule has 0 radical (unpaired) electrons. The van der Waals surface area contributed by atoms with Crippen molar-refractivity contribution in [3.05, 3.63) is 11.6 Å². The van der Waals surface area contributed by atoms with Gasteiger partial charge in [-0.2, -0.15) is 0 Å². The van der Waals surface area contributed by atoms with Crippen LogP contribution in [0.4, 0.5) is 4.79 Å². The van der Waals surface area contributed by atoms with E-state index in [2.05, 4.69) is 14.8 Å². The maximum absolute atomic E-state index is 12.2. The Bertz CT molecular complexity index is 559. The van der Waals surface area contributed by atoms with Crippen LogP contribution in [0.15, 0.2) is 0 Å². The molecule has 0 atom stereocenters. The van der Waals surface area contributed by atoms with Crippen LogP contribution < -0.4 is 0 Å². The quantitative estimate of drug-likeness (QED) is 0.802. The van der Waals surface area contributed by atoms with Gasteiger partial charge in [0.15, 0.2) is 5.82 Å². The second-order valence-corrected chi connectivity index (χ2v) is 6.44. The molecule has 0 unspecified atom stereocenters. The molecule has 1 fully saturated rings. The molecule has 1 saturated heterocycles. The van der Waals surface area contributed by atoms with Gasteiger partial charge < -0.3 is 14.4 Å². The topological polar surface area (TPSA) is 71.3 Å². The summed E-state index contributed by atoms with van der Waals surface area (Å²) in [6.45, 7) is 2.68. The van der Waals surface area contributed by atoms with Crippen LogP contribution in [-0.2, 0) is 24.3 Å². The van der Waals surface area contributed by atoms with Crippen LogP contribution in [0.3, 0.4) is 0 Å². The van der Waals surface area contributed by atoms with Crippen LogP contribution >= 0.6 is 11.8 Å². The van der Waals surface area contributed by atoms with Crippen LogP contribution in [0.25, 0.3) is 0 Å². The van der Waals surface area contributed by atoms with E-state index >= 15 is 0 Å². The van der Waals surface area contributed by atoms with Gasteiger partial charge in [-0.15, -0.1) is 10.2 Å². The van der Waals surface area contributed by atoms with Crippen molar-refractivity contribution in [2.24, 2.45) is 0 Å². The number of aryl methyl sites for hydroxylation is 1. The summed E-state index contributed by atoms with van der Waals surface area (Å²) in [7, 11) is 1.78. The average Bonchev–Trinajstić information content (AvgIpc) is 3.15. The molecular weight excluding hydrogens is 290 g/mol. The van der Waals surface area contributed by atoms with Gasteiger partial charge in [0.25, 0.3) is 5.24 Å². The van der Waals surface area contributed by atoms with Crippen molar-refractivity contribution in [1.29, 1.82) is 0 Å². The average molecular weight is 309 g/mol. The molecule has 21 heavy (non-hydrogen) atoms. The highest BCUT2D eigenvalue weighted by molar-refractivity contribution is 8.13. The van der Waals surface area contributed by atoms with E-state index in [0.717, 1.165) is 43.3 Å². The maximum atomic E-state index is 12.2. The van der Waals surface area contributed by atoms with Gasteiger partial charge in [0.2, 0.25) is 5.91 Å². The van der Waals surface area contributed by atoms with E-state index in [-0.39, 0.29) is 11.1 Å². The lowest BCUT2D eigenvalue weighted by Gasteiger charge is -2.19. The fourth-order valence-corrected chi connectivity index (χ4v) is 3.53. The van der Waals surface area contributed by atoms with E-state index < -0.39 is 0 Å². The molecule has 0 saturated carbocycles. The van der Waals surface area contributed by atoms with E-state index in [1.807, 2.05) is 0 Å². The highest BCUT2D eigenvalue weighted by Crippen LogP contribution is 2.18. The predicted molar refractivity (Wildman–Crippen MR) is 78.9 cm³/mol. The number of fused-ring (bicyclic) bond motifs is 1. The third-order valence-electron chi connectivity index (χ3n) is 3.93. The molecule has 0 N–H and O–H groups in total. The fourth-order valence-electron chi connectivity index (χ4n) is 2.68. The zero-order valence-electron chi connectivity index (χ0n) is 12.1. The molecule has 2 amide bonds. The minimum atomic E-state index is 0.0371. The maximum Gasteiger partial charge on any atom is 0.281 e. The summed E-state index contributed by atoms with van der Waals surface area (Å²) in [6.07, 6.45) is 2.44. The molecule has 3 heterocycles. The number of hydrogen-bond acceptors (Lipinski definition) is 5. The Morgan fingerprint density at radius 2 is 2.24 bits per heavy atom. The first-order valence-corrected chi connectivity index (χ1v) is 8.20. The predicted octanol–water partition coefficient (Wildman–Crippen LogP) is 0.742. The van der Waals surface area contributed by atoms with E-state index in [1.54, 1.807) is 16.8 Å². The lowest BCUT2D eigenvalue weighted by atomic mass is 10.3. The van der Waals surface area contributed by atoms with Crippen molar-refractivity contribution < 1.29 is 9.59 Å². The summed E-state index contributed by atoms with van der Waals surface area (Å²) >= 11 is 1.32. The van der Waals surface area contributed by atoms with Crippen molar-refractivity contribution in [2.75, 3.05) is 25.9 Å². The van der Waals surface area contributed by atoms with E-state index in [1.165, 1.54) is 11.8 Å². The molecule has 0 bridgehead atoms. The van der Waals surface area contributed by atoms with E-state index in [4.69, 9.17) is 0 Å². The number of amides is 2. The summed E-state index contributed by atoms with van der Waals surface area (Å²) in [5.41, 5.74) is 0. The lowest BCUT2D eigenvalue weighted by Crippen LogP contribution is -2.32. The molecule has 0 aliphatic carbocycles. The summed E-state index contributed by atoms with van der Waals surface area (Å²) in [5.74, 6) is 2.74. The first-order chi connectivity index (χ1) is 10.1. The van der Waals surface area contributed by atoms with Gasteiger partial charge in [-0.3, -0.25) is 9.59 Å². The van der Waals surface area contributed by atoms with Gasteiger partial charge in [-0.1, -0.05) is 11.8 Å². The van der Waals surface area contributed by atoms with E-state index in [0.29, 0.717) is 19.5 Å². The van der Waals surface area contributed by atoms with Crippen molar-refractivity contribution in [3.8, 4) is 0 Å². The zero-order chi connectivity index (χ0) is 14.8. The lowest BCUT2D eigenvalue weighted by molar-refractivity contribution is -0.130. The molecular formula is C13H19N5O2S. The van der Waals surface area contributed by atoms with Crippen LogP contribution in [0, 0.1) is 0 Å². The summed E-state index contributed by atoms with van der Waals surface area (Å²) in [5, 5.41) is 8.39. The Morgan fingerprint density at radius 3 is 3.00 bits per heavy atom. The van der Waals surface area contributed by atoms with Crippen molar-refractivity contribution in [3.63, 3.8) is 0 Å². The molecule has 0 aromatic carbocycles. The van der Waals surface area contributed by atoms with Crippen LogP contribution in [0.5, 0.6) is 0 Å². The molecule has 2 aliphatic rings. The molecule has 7 nitrogen and oxygen atoms in total. The number of thioether (sulfide) groups is 1. The number of nitrogens with zero attached hydrogens (tertiary/aromatic N) is 5. The number of carbonyl (C=O) groups excluding carboxylic acids is 2. The Morgan fingerprint density at radius 1 is 1.38 bits per heavy atom. The number of aromatic nitrogens is 3. The van der Waals surface area contributed by atoms with Crippen LogP contribution in [0.1, 0.15) is 24.5 Å². The Kier molecular flexibility index (Phi) is 4.14. The standard InChI is InChI=1S/C13H19N5O2S/c1-16(9-11-15-14-10-3-2-5-18(10)11)12(19)4-6-17-7-8-21-13(17)20/h2-9H2,1H3. The summed E-state index contributed by atoms with van der Waals surface area (Å²) in [4.78, 5) is 27.1. The van der Waals surface area contributed by atoms with Gasteiger partial charge in [0.05, 0.1) is 6.54 Å². The highest BCUT2D eigenvalue weighted by atomic mass is 32.2. The van der Waals surface area contributed by atoms with Crippen LogP contribution in [0.2, 0.25) is 0 Å². The van der Waals surface area contributed by atoms with Gasteiger partial charge >= 0.3 is 0 Å². The third-order valence-corrected chi connectivity index (χ3v) is 4.82. The van der Waals surface area contributed by atoms with Gasteiger partial charge in [-0.25, -0.2) is 0 Å². The number of hydrogen-bond donors (Lipinski definition) is 0. The molecule has 1 aromatic heterocycles. The highest BCUT2D eigenvalue weighted by Gasteiger charge is 2.23. The summed E-state index contributed by atoms with van der Waals surface area (Å²) < 4.78 is 2.10. The molecule has 8 heteroatoms. The SMILES string of the molecule is CN(Cc1nnc2n1CCC2)C(=O)CCN1CCSC1=O. The van der Waals surface area contributed by atoms with Gasteiger partial charge in [0, 0.05) is 45.3 Å². The molecule has 114 valence electrons. The van der Waals surface area contributed by atoms with Gasteiger partial charge in [0.1, 0.15) is 5.82 Å². The number of carbonyl (C=O) groups is 2. The molecule has 3 rings (SSSR count).